The zero-order valence-corrected chi connectivity index (χ0v) is 17.6. The van der Waals surface area contributed by atoms with Gasteiger partial charge in [0.15, 0.2) is 0 Å². The zero-order chi connectivity index (χ0) is 21.4. The third-order valence-electron chi connectivity index (χ3n) is 4.61. The van der Waals surface area contributed by atoms with Gasteiger partial charge < -0.3 is 15.0 Å². The van der Waals surface area contributed by atoms with Crippen LogP contribution in [-0.2, 0) is 22.6 Å². The molecule has 0 spiro atoms. The molecule has 156 valence electrons. The highest BCUT2D eigenvalue weighted by atomic mass is 35.5. The monoisotopic (exact) mass is 420 g/mol. The topological polar surface area (TPSA) is 58.6 Å². The Bertz CT molecular complexity index is 839. The molecule has 2 aromatic carbocycles. The van der Waals surface area contributed by atoms with Gasteiger partial charge in [0.1, 0.15) is 17.6 Å². The molecule has 5 nitrogen and oxygen atoms in total. The zero-order valence-electron chi connectivity index (χ0n) is 16.9. The lowest BCUT2D eigenvalue weighted by Gasteiger charge is -2.31. The molecule has 1 atom stereocenters. The van der Waals surface area contributed by atoms with E-state index in [9.17, 15) is 14.0 Å². The summed E-state index contributed by atoms with van der Waals surface area (Å²) in [6.07, 6.45) is 0.192. The number of hydrogen-bond donors (Lipinski definition) is 1. The van der Waals surface area contributed by atoms with Gasteiger partial charge in [0.25, 0.3) is 0 Å². The summed E-state index contributed by atoms with van der Waals surface area (Å²) in [6.45, 7) is 4.30. The first kappa shape index (κ1) is 22.7. The van der Waals surface area contributed by atoms with E-state index in [-0.39, 0.29) is 35.4 Å². The van der Waals surface area contributed by atoms with Crippen LogP contribution in [0.15, 0.2) is 42.5 Å². The number of likely N-dealkylation sites (N-methyl/N-ethyl adjacent to an activating group) is 1. The molecule has 7 heteroatoms. The average Bonchev–Trinajstić information content (AvgIpc) is 2.71. The standard InChI is InChI=1S/C22H26ClFN2O3/c1-4-20(22(28)25-5-2)26(14-15-8-6-9-16(12-15)29-3)21(27)13-17-18(23)10-7-11-19(17)24/h6-12,20H,4-5,13-14H2,1-3H3,(H,25,28)/t20-/m1/s1. The van der Waals surface area contributed by atoms with E-state index in [0.29, 0.717) is 18.7 Å². The van der Waals surface area contributed by atoms with Gasteiger partial charge in [-0.05, 0) is 43.2 Å². The molecule has 0 unspecified atom stereocenters. The van der Waals surface area contributed by atoms with Crippen LogP contribution in [0.4, 0.5) is 4.39 Å². The van der Waals surface area contributed by atoms with Crippen molar-refractivity contribution in [3.63, 3.8) is 0 Å². The van der Waals surface area contributed by atoms with E-state index < -0.39 is 11.9 Å². The first-order chi connectivity index (χ1) is 13.9. The van der Waals surface area contributed by atoms with Crippen molar-refractivity contribution in [3.05, 3.63) is 64.4 Å². The lowest BCUT2D eigenvalue weighted by molar-refractivity contribution is -0.140. The molecule has 2 aromatic rings. The second-order valence-corrected chi connectivity index (χ2v) is 6.98. The lowest BCUT2D eigenvalue weighted by Crippen LogP contribution is -2.49. The maximum Gasteiger partial charge on any atom is 0.242 e. The number of benzene rings is 2. The lowest BCUT2D eigenvalue weighted by atomic mass is 10.1. The predicted octanol–water partition coefficient (Wildman–Crippen LogP) is 3.97. The Morgan fingerprint density at radius 2 is 1.93 bits per heavy atom. The van der Waals surface area contributed by atoms with Gasteiger partial charge >= 0.3 is 0 Å². The van der Waals surface area contributed by atoms with Gasteiger partial charge in [-0.3, -0.25) is 9.59 Å². The minimum Gasteiger partial charge on any atom is -0.497 e. The maximum atomic E-state index is 14.2. The van der Waals surface area contributed by atoms with Crippen molar-refractivity contribution in [2.24, 2.45) is 0 Å². The Morgan fingerprint density at radius 1 is 1.21 bits per heavy atom. The van der Waals surface area contributed by atoms with Gasteiger partial charge in [-0.15, -0.1) is 0 Å². The summed E-state index contributed by atoms with van der Waals surface area (Å²) in [5, 5.41) is 2.96. The number of halogens is 2. The number of nitrogens with one attached hydrogen (secondary N) is 1. The van der Waals surface area contributed by atoms with Crippen LogP contribution < -0.4 is 10.1 Å². The summed E-state index contributed by atoms with van der Waals surface area (Å²) >= 11 is 6.10. The van der Waals surface area contributed by atoms with E-state index in [1.54, 1.807) is 25.3 Å². The Hall–Kier alpha value is -2.60. The van der Waals surface area contributed by atoms with Crippen molar-refractivity contribution < 1.29 is 18.7 Å². The number of carbonyl (C=O) groups excluding carboxylic acids is 2. The molecule has 0 aliphatic rings. The minimum atomic E-state index is -0.681. The van der Waals surface area contributed by atoms with Crippen LogP contribution in [0.3, 0.4) is 0 Å². The summed E-state index contributed by atoms with van der Waals surface area (Å²) in [5.74, 6) is -0.514. The van der Waals surface area contributed by atoms with E-state index in [1.165, 1.54) is 17.0 Å². The van der Waals surface area contributed by atoms with E-state index in [2.05, 4.69) is 5.32 Å². The van der Waals surface area contributed by atoms with E-state index in [0.717, 1.165) is 5.56 Å². The highest BCUT2D eigenvalue weighted by Crippen LogP contribution is 2.22. The molecule has 29 heavy (non-hydrogen) atoms. The quantitative estimate of drug-likeness (QED) is 0.667. The summed E-state index contributed by atoms with van der Waals surface area (Å²) in [7, 11) is 1.56. The van der Waals surface area contributed by atoms with Crippen molar-refractivity contribution in [2.75, 3.05) is 13.7 Å². The van der Waals surface area contributed by atoms with Gasteiger partial charge in [-0.2, -0.15) is 0 Å². The van der Waals surface area contributed by atoms with Crippen molar-refractivity contribution in [2.45, 2.75) is 39.3 Å². The molecule has 0 saturated carbocycles. The van der Waals surface area contributed by atoms with Gasteiger partial charge in [-0.25, -0.2) is 4.39 Å². The summed E-state index contributed by atoms with van der Waals surface area (Å²) in [6, 6.07) is 10.9. The highest BCUT2D eigenvalue weighted by Gasteiger charge is 2.29. The van der Waals surface area contributed by atoms with Crippen LogP contribution in [0.1, 0.15) is 31.4 Å². The van der Waals surface area contributed by atoms with E-state index in [4.69, 9.17) is 16.3 Å². The number of amides is 2. The van der Waals surface area contributed by atoms with Crippen LogP contribution in [-0.4, -0.2) is 36.4 Å². The SMILES string of the molecule is CCNC(=O)[C@@H](CC)N(Cc1cccc(OC)c1)C(=O)Cc1c(F)cccc1Cl. The van der Waals surface area contributed by atoms with Crippen molar-refractivity contribution in [1.82, 2.24) is 10.2 Å². The fourth-order valence-electron chi connectivity index (χ4n) is 3.13. The number of hydrogen-bond acceptors (Lipinski definition) is 3. The molecular weight excluding hydrogens is 395 g/mol. The highest BCUT2D eigenvalue weighted by molar-refractivity contribution is 6.31. The molecule has 0 heterocycles. The van der Waals surface area contributed by atoms with E-state index >= 15 is 0 Å². The molecular formula is C22H26ClFN2O3. The molecule has 0 fully saturated rings. The first-order valence-corrected chi connectivity index (χ1v) is 9.92. The van der Waals surface area contributed by atoms with Gasteiger partial charge in [0.05, 0.1) is 13.5 Å². The normalized spacial score (nSPS) is 11.6. The van der Waals surface area contributed by atoms with E-state index in [1.807, 2.05) is 26.0 Å². The van der Waals surface area contributed by atoms with Crippen LogP contribution in [0.5, 0.6) is 5.75 Å². The largest absolute Gasteiger partial charge is 0.497 e. The fourth-order valence-corrected chi connectivity index (χ4v) is 3.36. The van der Waals surface area contributed by atoms with Crippen molar-refractivity contribution in [3.8, 4) is 5.75 Å². The molecule has 0 aliphatic heterocycles. The molecule has 2 amide bonds. The molecule has 0 aliphatic carbocycles. The Balaban J connectivity index is 2.36. The van der Waals surface area contributed by atoms with Gasteiger partial charge in [0, 0.05) is 23.7 Å². The first-order valence-electron chi connectivity index (χ1n) is 9.54. The molecule has 0 bridgehead atoms. The smallest absolute Gasteiger partial charge is 0.242 e. The maximum absolute atomic E-state index is 14.2. The van der Waals surface area contributed by atoms with Crippen LogP contribution >= 0.6 is 11.6 Å². The summed E-state index contributed by atoms with van der Waals surface area (Å²) < 4.78 is 19.5. The molecule has 0 radical (unpaired) electrons. The van der Waals surface area contributed by atoms with Gasteiger partial charge in [-0.1, -0.05) is 36.7 Å². The number of rotatable bonds is 9. The fraction of sp³-hybridized carbons (Fsp3) is 0.364. The number of ether oxygens (including phenoxy) is 1. The van der Waals surface area contributed by atoms with Crippen LogP contribution in [0, 0.1) is 5.82 Å². The second-order valence-electron chi connectivity index (χ2n) is 6.57. The van der Waals surface area contributed by atoms with Crippen molar-refractivity contribution >= 4 is 23.4 Å². The van der Waals surface area contributed by atoms with Crippen LogP contribution in [0.2, 0.25) is 5.02 Å². The summed E-state index contributed by atoms with van der Waals surface area (Å²) in [4.78, 5) is 27.2. The van der Waals surface area contributed by atoms with Crippen LogP contribution in [0.25, 0.3) is 0 Å². The number of methoxy groups -OCH3 is 1. The Labute approximate surface area is 175 Å². The molecule has 1 N–H and O–H groups in total. The Kier molecular flexibility index (Phi) is 8.46. The van der Waals surface area contributed by atoms with Gasteiger partial charge in [0.2, 0.25) is 11.8 Å². The predicted molar refractivity (Wildman–Crippen MR) is 111 cm³/mol. The number of carbonyl (C=O) groups is 2. The minimum absolute atomic E-state index is 0.126. The molecule has 2 rings (SSSR count). The molecule has 0 aromatic heterocycles. The Morgan fingerprint density at radius 3 is 2.55 bits per heavy atom. The third-order valence-corrected chi connectivity index (χ3v) is 4.97. The second kappa shape index (κ2) is 10.8. The number of nitrogens with zero attached hydrogens (tertiary/aromatic N) is 1. The third kappa shape index (κ3) is 5.94. The molecule has 0 saturated heterocycles. The van der Waals surface area contributed by atoms with Crippen molar-refractivity contribution in [1.29, 1.82) is 0 Å². The average molecular weight is 421 g/mol. The summed E-state index contributed by atoms with van der Waals surface area (Å²) in [5.41, 5.74) is 0.931.